The summed E-state index contributed by atoms with van der Waals surface area (Å²) in [6.07, 6.45) is 0.647. The quantitative estimate of drug-likeness (QED) is 0.864. The number of aromatic nitrogens is 2. The van der Waals surface area contributed by atoms with E-state index in [1.807, 2.05) is 38.1 Å². The minimum atomic E-state index is 0.148. The van der Waals surface area contributed by atoms with Crippen LogP contribution in [0.1, 0.15) is 18.2 Å². The Morgan fingerprint density at radius 2 is 2.00 bits per heavy atom. The number of aryl methyl sites for hydroxylation is 2. The molecular formula is C14H19N3O2. The van der Waals surface area contributed by atoms with Gasteiger partial charge in [-0.1, -0.05) is 12.1 Å². The maximum absolute atomic E-state index is 8.87. The van der Waals surface area contributed by atoms with E-state index in [1.54, 1.807) is 4.68 Å². The van der Waals surface area contributed by atoms with E-state index < -0.39 is 0 Å². The molecule has 0 atom stereocenters. The predicted molar refractivity (Wildman–Crippen MR) is 74.4 cm³/mol. The first-order valence-corrected chi connectivity index (χ1v) is 6.36. The lowest BCUT2D eigenvalue weighted by atomic mass is 10.1. The van der Waals surface area contributed by atoms with Gasteiger partial charge < -0.3 is 15.6 Å². The van der Waals surface area contributed by atoms with E-state index >= 15 is 0 Å². The lowest BCUT2D eigenvalue weighted by Crippen LogP contribution is -2.01. The van der Waals surface area contributed by atoms with E-state index in [2.05, 4.69) is 5.10 Å². The highest BCUT2D eigenvalue weighted by Gasteiger charge is 2.13. The molecule has 19 heavy (non-hydrogen) atoms. The number of nitrogens with zero attached hydrogens (tertiary/aromatic N) is 2. The maximum atomic E-state index is 8.87. The third-order valence-electron chi connectivity index (χ3n) is 2.96. The second-order valence-corrected chi connectivity index (χ2v) is 4.34. The molecule has 3 N–H and O–H groups in total. The van der Waals surface area contributed by atoms with Crippen LogP contribution in [-0.4, -0.2) is 21.5 Å². The highest BCUT2D eigenvalue weighted by molar-refractivity contribution is 5.54. The monoisotopic (exact) mass is 261 g/mol. The molecule has 0 saturated carbocycles. The van der Waals surface area contributed by atoms with Crippen molar-refractivity contribution in [1.29, 1.82) is 0 Å². The fraction of sp³-hybridized carbons (Fsp3) is 0.357. The first kappa shape index (κ1) is 13.4. The Hall–Kier alpha value is -2.01. The van der Waals surface area contributed by atoms with Crippen LogP contribution in [0.4, 0.5) is 5.69 Å². The van der Waals surface area contributed by atoms with E-state index in [0.717, 1.165) is 11.3 Å². The van der Waals surface area contributed by atoms with Crippen LogP contribution in [-0.2, 0) is 13.0 Å². The largest absolute Gasteiger partial charge is 0.437 e. The molecule has 0 aliphatic carbocycles. The minimum Gasteiger partial charge on any atom is -0.437 e. The number of hydrogen-bond donors (Lipinski definition) is 2. The second kappa shape index (κ2) is 5.75. The molecule has 5 heteroatoms. The van der Waals surface area contributed by atoms with Crippen molar-refractivity contribution in [1.82, 2.24) is 9.78 Å². The molecule has 1 aromatic carbocycles. The predicted octanol–water partition coefficient (Wildman–Crippen LogP) is 2.12. The highest BCUT2D eigenvalue weighted by Crippen LogP contribution is 2.29. The fourth-order valence-electron chi connectivity index (χ4n) is 1.86. The van der Waals surface area contributed by atoms with Gasteiger partial charge in [-0.05, 0) is 38.0 Å². The van der Waals surface area contributed by atoms with Gasteiger partial charge in [0, 0.05) is 13.2 Å². The normalized spacial score (nSPS) is 10.7. The van der Waals surface area contributed by atoms with Crippen molar-refractivity contribution in [2.24, 2.45) is 0 Å². The molecule has 1 heterocycles. The van der Waals surface area contributed by atoms with Crippen LogP contribution >= 0.6 is 0 Å². The molecule has 5 nitrogen and oxygen atoms in total. The summed E-state index contributed by atoms with van der Waals surface area (Å²) in [5.41, 5.74) is 8.38. The molecule has 0 radical (unpaired) electrons. The lowest BCUT2D eigenvalue weighted by Gasteiger charge is -2.08. The summed E-state index contributed by atoms with van der Waals surface area (Å²) in [7, 11) is 0. The smallest absolute Gasteiger partial charge is 0.241 e. The summed E-state index contributed by atoms with van der Waals surface area (Å²) >= 11 is 0. The van der Waals surface area contributed by atoms with Gasteiger partial charge in [0.25, 0.3) is 0 Å². The molecule has 2 aromatic rings. The van der Waals surface area contributed by atoms with Crippen LogP contribution in [0.2, 0.25) is 0 Å². The Bertz CT molecular complexity index is 547. The number of nitrogen functional groups attached to an aromatic ring is 1. The van der Waals surface area contributed by atoms with Gasteiger partial charge in [0.15, 0.2) is 0 Å². The van der Waals surface area contributed by atoms with Gasteiger partial charge in [-0.15, -0.1) is 0 Å². The molecule has 2 rings (SSSR count). The number of ether oxygens (including phenoxy) is 1. The fourth-order valence-corrected chi connectivity index (χ4v) is 1.86. The summed E-state index contributed by atoms with van der Waals surface area (Å²) in [6, 6.07) is 7.60. The minimum absolute atomic E-state index is 0.148. The molecule has 102 valence electrons. The van der Waals surface area contributed by atoms with Gasteiger partial charge in [0.2, 0.25) is 5.88 Å². The molecule has 0 saturated heterocycles. The Balaban J connectivity index is 2.21. The zero-order valence-electron chi connectivity index (χ0n) is 11.3. The Labute approximate surface area is 112 Å². The summed E-state index contributed by atoms with van der Waals surface area (Å²) in [4.78, 5) is 0. The van der Waals surface area contributed by atoms with Crippen molar-refractivity contribution in [2.75, 3.05) is 12.3 Å². The van der Waals surface area contributed by atoms with Crippen LogP contribution in [0, 0.1) is 6.92 Å². The number of nitrogens with two attached hydrogens (primary N) is 1. The summed E-state index contributed by atoms with van der Waals surface area (Å²) in [5.74, 6) is 1.29. The van der Waals surface area contributed by atoms with Crippen LogP contribution in [0.5, 0.6) is 11.6 Å². The molecule has 0 aliphatic heterocycles. The molecule has 0 spiro atoms. The van der Waals surface area contributed by atoms with Crippen LogP contribution in [0.15, 0.2) is 24.3 Å². The highest BCUT2D eigenvalue weighted by atomic mass is 16.5. The second-order valence-electron chi connectivity index (χ2n) is 4.34. The number of aliphatic hydroxyl groups is 1. The summed E-state index contributed by atoms with van der Waals surface area (Å²) in [6.45, 7) is 4.70. The molecule has 0 fully saturated rings. The van der Waals surface area contributed by atoms with E-state index in [1.165, 1.54) is 0 Å². The number of hydrogen-bond acceptors (Lipinski definition) is 4. The van der Waals surface area contributed by atoms with Crippen molar-refractivity contribution >= 4 is 5.69 Å². The topological polar surface area (TPSA) is 73.3 Å². The third-order valence-corrected chi connectivity index (χ3v) is 2.96. The molecule has 0 aliphatic rings. The zero-order valence-corrected chi connectivity index (χ0v) is 11.3. The van der Waals surface area contributed by atoms with E-state index in [-0.39, 0.29) is 6.61 Å². The van der Waals surface area contributed by atoms with Gasteiger partial charge in [0.1, 0.15) is 11.4 Å². The average Bonchev–Trinajstić information content (AvgIpc) is 2.69. The number of anilines is 1. The number of benzene rings is 1. The van der Waals surface area contributed by atoms with Crippen molar-refractivity contribution in [3.8, 4) is 11.6 Å². The van der Waals surface area contributed by atoms with Crippen molar-refractivity contribution in [3.05, 3.63) is 35.5 Å². The van der Waals surface area contributed by atoms with Crippen LogP contribution in [0.3, 0.4) is 0 Å². The summed E-state index contributed by atoms with van der Waals surface area (Å²) in [5, 5.41) is 13.2. The first-order valence-electron chi connectivity index (χ1n) is 6.36. The molecule has 0 amide bonds. The van der Waals surface area contributed by atoms with Crippen molar-refractivity contribution < 1.29 is 9.84 Å². The molecule has 0 bridgehead atoms. The van der Waals surface area contributed by atoms with Crippen molar-refractivity contribution in [3.63, 3.8) is 0 Å². The molecular weight excluding hydrogens is 242 g/mol. The van der Waals surface area contributed by atoms with E-state index in [0.29, 0.717) is 30.3 Å². The average molecular weight is 261 g/mol. The zero-order chi connectivity index (χ0) is 13.8. The summed E-state index contributed by atoms with van der Waals surface area (Å²) < 4.78 is 7.54. The van der Waals surface area contributed by atoms with Gasteiger partial charge in [-0.2, -0.15) is 5.10 Å². The number of aliphatic hydroxyl groups excluding tert-OH is 1. The van der Waals surface area contributed by atoms with Gasteiger partial charge in [0.05, 0.1) is 5.69 Å². The Kier molecular flexibility index (Phi) is 4.06. The first-order chi connectivity index (χ1) is 9.15. The van der Waals surface area contributed by atoms with Crippen LogP contribution in [0.25, 0.3) is 0 Å². The van der Waals surface area contributed by atoms with Crippen LogP contribution < -0.4 is 10.5 Å². The maximum Gasteiger partial charge on any atom is 0.241 e. The SMILES string of the molecule is CCn1nc(C)c(N)c1Oc1ccc(CCO)cc1. The van der Waals surface area contributed by atoms with Gasteiger partial charge >= 0.3 is 0 Å². The Morgan fingerprint density at radius 1 is 1.32 bits per heavy atom. The molecule has 0 unspecified atom stereocenters. The Morgan fingerprint density at radius 3 is 2.58 bits per heavy atom. The van der Waals surface area contributed by atoms with E-state index in [9.17, 15) is 0 Å². The number of rotatable bonds is 5. The van der Waals surface area contributed by atoms with Crippen molar-refractivity contribution in [2.45, 2.75) is 26.8 Å². The van der Waals surface area contributed by atoms with Gasteiger partial charge in [-0.25, -0.2) is 4.68 Å². The lowest BCUT2D eigenvalue weighted by molar-refractivity contribution is 0.299. The van der Waals surface area contributed by atoms with Gasteiger partial charge in [-0.3, -0.25) is 0 Å². The third kappa shape index (κ3) is 2.88. The van der Waals surface area contributed by atoms with E-state index in [4.69, 9.17) is 15.6 Å². The standard InChI is InChI=1S/C14H19N3O2/c1-3-17-14(13(15)10(2)16-17)19-12-6-4-11(5-7-12)8-9-18/h4-7,18H,3,8-9,15H2,1-2H3. The molecule has 1 aromatic heterocycles.